The summed E-state index contributed by atoms with van der Waals surface area (Å²) in [4.78, 5) is 132. The number of esters is 3. The number of ether oxygens (including phenoxy) is 4. The van der Waals surface area contributed by atoms with Crippen LogP contribution in [0, 0.1) is 61.5 Å². The van der Waals surface area contributed by atoms with E-state index >= 15 is 22.0 Å². The van der Waals surface area contributed by atoms with Crippen molar-refractivity contribution in [3.8, 4) is 39.1 Å². The molecule has 0 aliphatic carbocycles. The van der Waals surface area contributed by atoms with E-state index in [2.05, 4.69) is 30.9 Å². The predicted octanol–water partition coefficient (Wildman–Crippen LogP) is 18.2. The maximum atomic E-state index is 16.0. The van der Waals surface area contributed by atoms with Gasteiger partial charge in [-0.15, -0.1) is 0 Å². The first kappa shape index (κ1) is 113. The molecule has 0 unspecified atom stereocenters. The van der Waals surface area contributed by atoms with Crippen LogP contribution in [0.25, 0.3) is 66.1 Å². The van der Waals surface area contributed by atoms with Gasteiger partial charge in [0.05, 0.1) is 90.3 Å². The van der Waals surface area contributed by atoms with Crippen LogP contribution in [0.15, 0.2) is 148 Å². The van der Waals surface area contributed by atoms with E-state index < -0.39 is 248 Å². The van der Waals surface area contributed by atoms with Gasteiger partial charge in [-0.1, -0.05) is 50.2 Å². The van der Waals surface area contributed by atoms with Gasteiger partial charge in [0.2, 0.25) is 0 Å². The zero-order chi connectivity index (χ0) is 109. The van der Waals surface area contributed by atoms with E-state index in [-0.39, 0.29) is 88.8 Å². The summed E-state index contributed by atoms with van der Waals surface area (Å²) in [5.74, 6) is -17.4. The Balaban J connectivity index is 0.000000225. The summed E-state index contributed by atoms with van der Waals surface area (Å²) in [6, 6.07) is 8.75. The van der Waals surface area contributed by atoms with Gasteiger partial charge in [-0.25, -0.2) is 45.1 Å². The van der Waals surface area contributed by atoms with Crippen LogP contribution in [0.2, 0.25) is 0 Å². The summed E-state index contributed by atoms with van der Waals surface area (Å²) in [6.45, 7) is 7.58. The van der Waals surface area contributed by atoms with Crippen molar-refractivity contribution in [2.75, 3.05) is 70.0 Å². The Morgan fingerprint density at radius 3 is 1.11 bits per heavy atom. The number of pyridine rings is 6. The molecule has 146 heavy (non-hydrogen) atoms. The molecule has 48 heteroatoms. The number of aryl methyl sites for hydroxylation is 3. The molecule has 0 fully saturated rings. The van der Waals surface area contributed by atoms with Gasteiger partial charge in [-0.05, 0) is 130 Å². The van der Waals surface area contributed by atoms with Crippen LogP contribution in [-0.2, 0) is 81.4 Å². The second kappa shape index (κ2) is 44.9. The topological polar surface area (TPSA) is 311 Å². The molecular weight excluding hydrogens is 1990 g/mol. The lowest BCUT2D eigenvalue weighted by Crippen LogP contribution is -2.44. The number of amides is 3. The molecule has 12 aromatic rings. The van der Waals surface area contributed by atoms with Gasteiger partial charge in [-0.3, -0.25) is 43.7 Å². The first-order chi connectivity index (χ1) is 68.1. The Morgan fingerprint density at radius 2 is 0.753 bits per heavy atom. The molecule has 6 heterocycles. The number of nitrogens with one attached hydrogen (secondary N) is 5. The Hall–Kier alpha value is -15.3. The smallest absolute Gasteiger partial charge is 0.417 e. The molecule has 26 nitrogen and oxygen atoms in total. The lowest BCUT2D eigenvalue weighted by molar-refractivity contribution is -0.144. The van der Waals surface area contributed by atoms with Crippen molar-refractivity contribution in [2.24, 2.45) is 21.1 Å². The van der Waals surface area contributed by atoms with Gasteiger partial charge >= 0.3 is 48.8 Å². The Bertz CT molecular complexity index is 7180. The number of carbonyl (C=O) groups is 6. The zero-order valence-corrected chi connectivity index (χ0v) is 79.9. The maximum absolute atomic E-state index is 16.0. The van der Waals surface area contributed by atoms with Crippen molar-refractivity contribution in [3.63, 3.8) is 0 Å². The van der Waals surface area contributed by atoms with Crippen LogP contribution in [-0.4, -0.2) is 169 Å². The molecule has 6 aromatic carbocycles. The molecule has 3 amide bonds. The standard InChI is InChI=1S/C34H33F8N5O4.C32H28F8N4O4.C32H30F6N4O5/c1-7-26(34(40,41)42)44-18-12-23(35)28(24(36)13-18)30(48)45-25(32(50)51-6)11-17-8-9-20(29-21(17)14-19(15-43-29)46(3)4)27-22(33(37,38)39)10-16(2)47(5)31(27)49;1-15-11-21(32(38,39)40)25(29(46)43(15)3)20-9-8-17(19-7-6-10-41-27(19)20)12-24(30(47)48-5)42-28(45)26-22(33)13-18(14-23(26)34)44(4)16(2)31(35,36)37;1-6-24(32(36,37)38)40-17-13-20(34)25(21(35)14-17)29(43)41-22(31(45)47-5)12-16-11-19(33)26(28-18(16)8-7-9-39-28)27-23(46-4)10-15(2)42(3)30(27)44/h8-10,12-15,25-26,44H,7,11H2,1-6H3,(H,45,48);6-11,13-14,16,24H,12H2,1-5H3,(H,42,45);7-11,13-14,22,24,40H,6,12H2,1-5H3,(H,41,43)/t25-,26+;16-,24+;22-,24+/m010/s1. The van der Waals surface area contributed by atoms with E-state index in [1.807, 2.05) is 10.6 Å². The number of benzene rings is 6. The largest absolute Gasteiger partial charge is 0.496 e. The van der Waals surface area contributed by atoms with Crippen LogP contribution in [0.5, 0.6) is 5.75 Å². The fourth-order valence-electron chi connectivity index (χ4n) is 15.7. The van der Waals surface area contributed by atoms with Gasteiger partial charge < -0.3 is 69.0 Å². The molecule has 12 rings (SSSR count). The lowest BCUT2D eigenvalue weighted by atomic mass is 9.93. The van der Waals surface area contributed by atoms with Gasteiger partial charge in [0.1, 0.15) is 99.4 Å². The van der Waals surface area contributed by atoms with Crippen molar-refractivity contribution >= 4 is 91.1 Å². The lowest BCUT2D eigenvalue weighted by Gasteiger charge is -2.29. The average Bonchev–Trinajstić information content (AvgIpc) is 0.750. The number of rotatable bonds is 28. The molecular formula is C98H91F22N13O13. The number of hydrogen-bond acceptors (Lipinski definition) is 20. The Kier molecular flexibility index (Phi) is 34.6. The molecule has 0 bridgehead atoms. The fourth-order valence-corrected chi connectivity index (χ4v) is 15.7. The van der Waals surface area contributed by atoms with Crippen molar-refractivity contribution in [1.82, 2.24) is 44.6 Å². The molecule has 0 aliphatic rings. The predicted molar refractivity (Wildman–Crippen MR) is 494 cm³/mol. The Labute approximate surface area is 815 Å². The number of alkyl halides is 15. The van der Waals surface area contributed by atoms with Crippen molar-refractivity contribution in [1.29, 1.82) is 0 Å². The minimum absolute atomic E-state index is 0.0288. The van der Waals surface area contributed by atoms with Crippen LogP contribution in [0.3, 0.4) is 0 Å². The zero-order valence-electron chi connectivity index (χ0n) is 79.9. The first-order valence-corrected chi connectivity index (χ1v) is 43.5. The second-order valence-corrected chi connectivity index (χ2v) is 33.5. The van der Waals surface area contributed by atoms with Crippen LogP contribution in [0.1, 0.15) is 110 Å². The molecule has 0 spiro atoms. The second-order valence-electron chi connectivity index (χ2n) is 33.5. The van der Waals surface area contributed by atoms with Crippen LogP contribution in [0.4, 0.5) is 119 Å². The van der Waals surface area contributed by atoms with E-state index in [0.29, 0.717) is 52.7 Å². The Morgan fingerprint density at radius 1 is 0.404 bits per heavy atom. The molecule has 0 saturated heterocycles. The molecule has 5 N–H and O–H groups in total. The van der Waals surface area contributed by atoms with Gasteiger partial charge in [0, 0.05) is 141 Å². The summed E-state index contributed by atoms with van der Waals surface area (Å²) >= 11 is 0. The number of carbonyl (C=O) groups excluding carboxylic acids is 6. The first-order valence-electron chi connectivity index (χ1n) is 43.5. The summed E-state index contributed by atoms with van der Waals surface area (Å²) in [6.07, 6.45) is -22.2. The normalized spacial score (nSPS) is 13.1. The quantitative estimate of drug-likeness (QED) is 0.0173. The minimum Gasteiger partial charge on any atom is -0.496 e. The highest BCUT2D eigenvalue weighted by Crippen LogP contribution is 2.44. The van der Waals surface area contributed by atoms with E-state index in [4.69, 9.17) is 18.9 Å². The summed E-state index contributed by atoms with van der Waals surface area (Å²) in [5.41, 5.74) is -10.3. The third kappa shape index (κ3) is 24.7. The number of halogens is 22. The maximum Gasteiger partial charge on any atom is 0.417 e. The monoisotopic (exact) mass is 2080 g/mol. The molecule has 0 saturated carbocycles. The van der Waals surface area contributed by atoms with E-state index in [1.165, 1.54) is 128 Å². The molecule has 780 valence electrons. The highest BCUT2D eigenvalue weighted by molar-refractivity contribution is 6.03. The highest BCUT2D eigenvalue weighted by Gasteiger charge is 2.45. The highest BCUT2D eigenvalue weighted by atomic mass is 19.4. The fraction of sp³-hybridized carbons (Fsp3) is 0.327. The van der Waals surface area contributed by atoms with Gasteiger partial charge in [0.25, 0.3) is 34.4 Å². The molecule has 6 atom stereocenters. The van der Waals surface area contributed by atoms with E-state index in [1.54, 1.807) is 38.1 Å². The minimum atomic E-state index is -4.92. The summed E-state index contributed by atoms with van der Waals surface area (Å²) < 4.78 is 333. The summed E-state index contributed by atoms with van der Waals surface area (Å²) in [5, 5.41) is 11.1. The van der Waals surface area contributed by atoms with Crippen molar-refractivity contribution in [3.05, 3.63) is 267 Å². The molecule has 6 aromatic heterocycles. The molecule has 0 radical (unpaired) electrons. The number of aromatic nitrogens is 6. The third-order valence-electron chi connectivity index (χ3n) is 24.0. The van der Waals surface area contributed by atoms with Crippen LogP contribution < -0.4 is 57.8 Å². The van der Waals surface area contributed by atoms with Gasteiger partial charge in [-0.2, -0.15) is 65.9 Å². The number of nitrogens with zero attached hydrogens (tertiary/aromatic N) is 8. The van der Waals surface area contributed by atoms with E-state index in [9.17, 15) is 118 Å². The van der Waals surface area contributed by atoms with Crippen molar-refractivity contribution < 1.29 is 144 Å². The van der Waals surface area contributed by atoms with E-state index in [0.717, 1.165) is 62.6 Å². The number of anilines is 4. The number of methoxy groups -OCH3 is 4. The average molecular weight is 2080 g/mol. The number of fused-ring (bicyclic) bond motifs is 3. The third-order valence-corrected chi connectivity index (χ3v) is 24.0. The van der Waals surface area contributed by atoms with Gasteiger partial charge in [0.15, 0.2) is 0 Å². The molecule has 0 aliphatic heterocycles. The summed E-state index contributed by atoms with van der Waals surface area (Å²) in [7, 11) is 12.7. The van der Waals surface area contributed by atoms with Crippen LogP contribution >= 0.6 is 0 Å². The SMILES string of the molecule is CC[C@@H](Nc1cc(F)c(C(=O)N[C@@H](Cc2cc(F)c(-c3c(OC)cc(C)n(C)c3=O)c3ncccc23)C(=O)OC)c(F)c1)C(F)(F)F.CC[C@@H](Nc1cc(F)c(C(=O)N[C@@H](Cc2ccc(-c3c(C(F)(F)F)cc(C)n(C)c3=O)c3ncc(N(C)C)cc23)C(=O)OC)c(F)c1)C(F)(F)F.COC(=O)[C@H](Cc1ccc(-c2c(C(F)(F)F)cc(C)n(C)c2=O)c2ncccc12)NC(=O)c1c(F)cc(N(C)[C@H](C)C(F)(F)F)cc1F. The number of hydrogen-bond donors (Lipinski definition) is 5. The van der Waals surface area contributed by atoms with Crippen molar-refractivity contribution in [2.45, 2.75) is 141 Å².